The summed E-state index contributed by atoms with van der Waals surface area (Å²) in [5, 5.41) is 3.61. The summed E-state index contributed by atoms with van der Waals surface area (Å²) in [5.41, 5.74) is 2.82. The zero-order chi connectivity index (χ0) is 12.3. The van der Waals surface area contributed by atoms with E-state index in [1.54, 1.807) is 0 Å². The van der Waals surface area contributed by atoms with E-state index in [0.717, 1.165) is 19.8 Å². The lowest BCUT2D eigenvalue weighted by Gasteiger charge is -2.35. The molecule has 0 fully saturated rings. The molecule has 2 unspecified atom stereocenters. The van der Waals surface area contributed by atoms with E-state index in [0.29, 0.717) is 17.9 Å². The number of fused-ring (bicyclic) bond motifs is 1. The summed E-state index contributed by atoms with van der Waals surface area (Å²) in [7, 11) is 0. The lowest BCUT2D eigenvalue weighted by Crippen LogP contribution is -2.42. The third-order valence-corrected chi connectivity index (χ3v) is 3.60. The number of hydrogen-bond acceptors (Lipinski definition) is 2. The molecule has 1 N–H and O–H groups in total. The first-order valence-corrected chi connectivity index (χ1v) is 6.63. The lowest BCUT2D eigenvalue weighted by atomic mass is 9.82. The zero-order valence-corrected chi connectivity index (χ0v) is 11.1. The van der Waals surface area contributed by atoms with Crippen LogP contribution in [0.1, 0.15) is 37.8 Å². The van der Waals surface area contributed by atoms with Crippen molar-refractivity contribution in [3.05, 3.63) is 35.4 Å². The average Bonchev–Trinajstić information content (AvgIpc) is 2.35. The molecule has 0 saturated heterocycles. The first-order chi connectivity index (χ1) is 8.24. The Balaban J connectivity index is 2.27. The molecular formula is C15H23NO. The predicted octanol–water partition coefficient (Wildman–Crippen LogP) is 2.93. The average molecular weight is 233 g/mol. The van der Waals surface area contributed by atoms with E-state index in [1.165, 1.54) is 11.1 Å². The fourth-order valence-electron chi connectivity index (χ4n) is 2.79. The fourth-order valence-corrected chi connectivity index (χ4v) is 2.79. The van der Waals surface area contributed by atoms with Gasteiger partial charge in [-0.05, 0) is 23.6 Å². The number of hydrogen-bond donors (Lipinski definition) is 1. The Labute approximate surface area is 104 Å². The Morgan fingerprint density at radius 3 is 2.82 bits per heavy atom. The molecule has 2 heteroatoms. The molecule has 94 valence electrons. The van der Waals surface area contributed by atoms with Gasteiger partial charge in [-0.3, -0.25) is 0 Å². The number of benzene rings is 1. The van der Waals surface area contributed by atoms with Crippen molar-refractivity contribution >= 4 is 0 Å². The maximum Gasteiger partial charge on any atom is 0.0719 e. The monoisotopic (exact) mass is 233 g/mol. The molecule has 2 nitrogen and oxygen atoms in total. The van der Waals surface area contributed by atoms with Crippen molar-refractivity contribution in [3.63, 3.8) is 0 Å². The number of nitrogens with one attached hydrogen (secondary N) is 1. The molecule has 2 rings (SSSR count). The van der Waals surface area contributed by atoms with Crippen molar-refractivity contribution in [1.29, 1.82) is 0 Å². The molecule has 0 spiro atoms. The number of ether oxygens (including phenoxy) is 1. The molecule has 1 aromatic carbocycles. The van der Waals surface area contributed by atoms with Gasteiger partial charge in [0.25, 0.3) is 0 Å². The molecule has 0 radical (unpaired) electrons. The maximum atomic E-state index is 5.75. The highest BCUT2D eigenvalue weighted by molar-refractivity contribution is 5.32. The third kappa shape index (κ3) is 2.70. The number of rotatable bonds is 4. The van der Waals surface area contributed by atoms with E-state index in [-0.39, 0.29) is 0 Å². The van der Waals surface area contributed by atoms with Crippen LogP contribution >= 0.6 is 0 Å². The van der Waals surface area contributed by atoms with Crippen molar-refractivity contribution in [2.45, 2.75) is 39.3 Å². The molecule has 1 aliphatic rings. The van der Waals surface area contributed by atoms with E-state index in [4.69, 9.17) is 4.74 Å². The summed E-state index contributed by atoms with van der Waals surface area (Å²) >= 11 is 0. The summed E-state index contributed by atoms with van der Waals surface area (Å²) in [4.78, 5) is 0. The van der Waals surface area contributed by atoms with Gasteiger partial charge in [-0.25, -0.2) is 0 Å². The van der Waals surface area contributed by atoms with Crippen LogP contribution in [-0.2, 0) is 11.3 Å². The number of likely N-dealkylation sites (N-methyl/N-ethyl adjacent to an activating group) is 1. The normalized spacial score (nSPS) is 21.3. The van der Waals surface area contributed by atoms with E-state index < -0.39 is 0 Å². The van der Waals surface area contributed by atoms with Crippen LogP contribution in [0.15, 0.2) is 24.3 Å². The molecule has 1 aromatic rings. The molecule has 0 bridgehead atoms. The first kappa shape index (κ1) is 12.6. The Morgan fingerprint density at radius 2 is 2.12 bits per heavy atom. The smallest absolute Gasteiger partial charge is 0.0719 e. The fraction of sp³-hybridized carbons (Fsp3) is 0.600. The molecule has 2 atom stereocenters. The molecule has 0 saturated carbocycles. The summed E-state index contributed by atoms with van der Waals surface area (Å²) < 4.78 is 5.75. The summed E-state index contributed by atoms with van der Waals surface area (Å²) in [6.07, 6.45) is 0. The minimum Gasteiger partial charge on any atom is -0.376 e. The molecule has 1 aliphatic heterocycles. The Morgan fingerprint density at radius 1 is 1.35 bits per heavy atom. The zero-order valence-electron chi connectivity index (χ0n) is 11.1. The minimum absolute atomic E-state index is 0.486. The second-order valence-electron chi connectivity index (χ2n) is 5.15. The van der Waals surface area contributed by atoms with Gasteiger partial charge in [0.05, 0.1) is 13.2 Å². The van der Waals surface area contributed by atoms with Crippen LogP contribution in [0.25, 0.3) is 0 Å². The highest BCUT2D eigenvalue weighted by atomic mass is 16.5. The van der Waals surface area contributed by atoms with E-state index in [1.807, 2.05) is 0 Å². The van der Waals surface area contributed by atoms with Crippen molar-refractivity contribution in [2.75, 3.05) is 13.2 Å². The van der Waals surface area contributed by atoms with Gasteiger partial charge in [0.2, 0.25) is 0 Å². The van der Waals surface area contributed by atoms with Crippen LogP contribution in [0.3, 0.4) is 0 Å². The van der Waals surface area contributed by atoms with Crippen molar-refractivity contribution in [2.24, 2.45) is 5.92 Å². The lowest BCUT2D eigenvalue weighted by molar-refractivity contribution is 0.0745. The molecule has 1 heterocycles. The van der Waals surface area contributed by atoms with Crippen molar-refractivity contribution in [1.82, 2.24) is 5.32 Å². The molecular weight excluding hydrogens is 210 g/mol. The van der Waals surface area contributed by atoms with E-state index in [2.05, 4.69) is 50.4 Å². The van der Waals surface area contributed by atoms with Gasteiger partial charge in [0.1, 0.15) is 0 Å². The highest BCUT2D eigenvalue weighted by Crippen LogP contribution is 2.31. The van der Waals surface area contributed by atoms with Gasteiger partial charge < -0.3 is 10.1 Å². The molecule has 0 aliphatic carbocycles. The standard InChI is InChI=1S/C15H23NO/c1-4-16-15(11(2)3)14-10-17-9-12-7-5-6-8-13(12)14/h5-8,11,14-16H,4,9-10H2,1-3H3. The van der Waals surface area contributed by atoms with Gasteiger partial charge in [-0.1, -0.05) is 45.0 Å². The molecule has 17 heavy (non-hydrogen) atoms. The van der Waals surface area contributed by atoms with Crippen LogP contribution in [0, 0.1) is 5.92 Å². The summed E-state index contributed by atoms with van der Waals surface area (Å²) in [6.45, 7) is 9.36. The van der Waals surface area contributed by atoms with Crippen LogP contribution in [0.2, 0.25) is 0 Å². The van der Waals surface area contributed by atoms with Crippen LogP contribution in [-0.4, -0.2) is 19.2 Å². The summed E-state index contributed by atoms with van der Waals surface area (Å²) in [6, 6.07) is 9.18. The highest BCUT2D eigenvalue weighted by Gasteiger charge is 2.29. The van der Waals surface area contributed by atoms with Crippen LogP contribution in [0.5, 0.6) is 0 Å². The van der Waals surface area contributed by atoms with Crippen molar-refractivity contribution < 1.29 is 4.74 Å². The van der Waals surface area contributed by atoms with Gasteiger partial charge in [0.15, 0.2) is 0 Å². The SMILES string of the molecule is CCNC(C(C)C)C1COCc2ccccc21. The predicted molar refractivity (Wildman–Crippen MR) is 71.1 cm³/mol. The Kier molecular flexibility index (Phi) is 4.19. The Bertz CT molecular complexity index is 362. The maximum absolute atomic E-state index is 5.75. The molecule has 0 aromatic heterocycles. The Hall–Kier alpha value is -0.860. The largest absolute Gasteiger partial charge is 0.376 e. The van der Waals surface area contributed by atoms with Gasteiger partial charge >= 0.3 is 0 Å². The van der Waals surface area contributed by atoms with E-state index >= 15 is 0 Å². The second kappa shape index (κ2) is 5.65. The second-order valence-corrected chi connectivity index (χ2v) is 5.15. The van der Waals surface area contributed by atoms with Gasteiger partial charge in [0, 0.05) is 12.0 Å². The first-order valence-electron chi connectivity index (χ1n) is 6.63. The summed E-state index contributed by atoms with van der Waals surface area (Å²) in [5.74, 6) is 1.11. The topological polar surface area (TPSA) is 21.3 Å². The van der Waals surface area contributed by atoms with E-state index in [9.17, 15) is 0 Å². The minimum atomic E-state index is 0.486. The third-order valence-electron chi connectivity index (χ3n) is 3.60. The quantitative estimate of drug-likeness (QED) is 0.863. The van der Waals surface area contributed by atoms with Crippen molar-refractivity contribution in [3.8, 4) is 0 Å². The molecule has 0 amide bonds. The van der Waals surface area contributed by atoms with Gasteiger partial charge in [-0.2, -0.15) is 0 Å². The van der Waals surface area contributed by atoms with Crippen LogP contribution in [0.4, 0.5) is 0 Å². The van der Waals surface area contributed by atoms with Gasteiger partial charge in [-0.15, -0.1) is 0 Å². The van der Waals surface area contributed by atoms with Crippen LogP contribution < -0.4 is 5.32 Å².